The third-order valence-electron chi connectivity index (χ3n) is 5.81. The fourth-order valence-corrected chi connectivity index (χ4v) is 3.99. The minimum Gasteiger partial charge on any atom is -0.490 e. The number of aliphatic imine (C=N–C) groups is 1. The van der Waals surface area contributed by atoms with Crippen LogP contribution in [0.1, 0.15) is 53.8 Å². The summed E-state index contributed by atoms with van der Waals surface area (Å²) in [5.41, 5.74) is 6.03. The fraction of sp³-hybridized carbons (Fsp3) is 0.565. The van der Waals surface area contributed by atoms with E-state index in [-0.39, 0.29) is 24.0 Å². The van der Waals surface area contributed by atoms with Crippen LogP contribution in [0.25, 0.3) is 0 Å². The number of guanidine groups is 1. The highest BCUT2D eigenvalue weighted by atomic mass is 127. The zero-order chi connectivity index (χ0) is 20.8. The first-order valence-electron chi connectivity index (χ1n) is 10.7. The number of halogens is 1. The average Bonchev–Trinajstić information content (AvgIpc) is 3.28. The second-order valence-corrected chi connectivity index (χ2v) is 8.01. The zero-order valence-electron chi connectivity index (χ0n) is 18.9. The summed E-state index contributed by atoms with van der Waals surface area (Å²) in [6, 6.07) is 6.45. The summed E-state index contributed by atoms with van der Waals surface area (Å²) in [7, 11) is 3.80. The molecule has 1 saturated carbocycles. The molecule has 0 radical (unpaired) electrons. The highest BCUT2D eigenvalue weighted by Gasteiger charge is 2.18. The van der Waals surface area contributed by atoms with Crippen molar-refractivity contribution in [3.05, 3.63) is 46.3 Å². The molecular formula is C23H36IN5O. The van der Waals surface area contributed by atoms with E-state index in [1.165, 1.54) is 35.2 Å². The monoisotopic (exact) mass is 525 g/mol. The Hall–Kier alpha value is -1.77. The Morgan fingerprint density at radius 2 is 1.93 bits per heavy atom. The van der Waals surface area contributed by atoms with Crippen molar-refractivity contribution in [1.82, 2.24) is 20.4 Å². The van der Waals surface area contributed by atoms with Gasteiger partial charge < -0.3 is 15.4 Å². The maximum Gasteiger partial charge on any atom is 0.191 e. The molecule has 0 aliphatic heterocycles. The standard InChI is InChI=1S/C23H35N5O.HI/c1-16-10-11-19(22(14-16)29-20-8-6-7-9-20)15-26-23(24-4)25-13-12-21-17(2)27-28(5)18(21)3;/h10-11,14,20H,6-9,12-13,15H2,1-5H3,(H2,24,25,26);1H. The van der Waals surface area contributed by atoms with Crippen LogP contribution in [0, 0.1) is 20.8 Å². The number of hydrogen-bond donors (Lipinski definition) is 2. The molecule has 1 fully saturated rings. The van der Waals surface area contributed by atoms with Gasteiger partial charge in [0.1, 0.15) is 5.75 Å². The third kappa shape index (κ3) is 6.36. The molecule has 6 nitrogen and oxygen atoms in total. The third-order valence-corrected chi connectivity index (χ3v) is 5.81. The molecule has 7 heteroatoms. The number of nitrogens with zero attached hydrogens (tertiary/aromatic N) is 3. The number of rotatable bonds is 7. The van der Waals surface area contributed by atoms with Gasteiger partial charge in [-0.25, -0.2) is 0 Å². The van der Waals surface area contributed by atoms with Gasteiger partial charge in [0, 0.05) is 38.4 Å². The maximum absolute atomic E-state index is 6.31. The number of ether oxygens (including phenoxy) is 1. The summed E-state index contributed by atoms with van der Waals surface area (Å²) in [6.45, 7) is 7.80. The van der Waals surface area contributed by atoms with Crippen molar-refractivity contribution in [2.45, 2.75) is 65.5 Å². The number of aryl methyl sites for hydroxylation is 3. The van der Waals surface area contributed by atoms with Crippen molar-refractivity contribution in [3.8, 4) is 5.75 Å². The molecule has 1 heterocycles. The molecule has 2 aromatic rings. The molecule has 166 valence electrons. The Morgan fingerprint density at radius 1 is 1.20 bits per heavy atom. The first-order valence-corrected chi connectivity index (χ1v) is 10.7. The molecule has 30 heavy (non-hydrogen) atoms. The Bertz CT molecular complexity index is 856. The van der Waals surface area contributed by atoms with Crippen LogP contribution in [-0.4, -0.2) is 35.4 Å². The molecule has 1 aromatic heterocycles. The highest BCUT2D eigenvalue weighted by Crippen LogP contribution is 2.27. The summed E-state index contributed by atoms with van der Waals surface area (Å²) in [4.78, 5) is 4.37. The van der Waals surface area contributed by atoms with Crippen LogP contribution >= 0.6 is 24.0 Å². The minimum atomic E-state index is 0. The Balaban J connectivity index is 0.00000320. The normalized spacial score (nSPS) is 14.5. The zero-order valence-corrected chi connectivity index (χ0v) is 21.2. The minimum absolute atomic E-state index is 0. The molecule has 1 aromatic carbocycles. The predicted molar refractivity (Wildman–Crippen MR) is 134 cm³/mol. The SMILES string of the molecule is CN=C(NCCc1c(C)nn(C)c1C)NCc1ccc(C)cc1OC1CCCC1.I. The van der Waals surface area contributed by atoms with Crippen LogP contribution in [-0.2, 0) is 20.0 Å². The van der Waals surface area contributed by atoms with Gasteiger partial charge in [0.2, 0.25) is 0 Å². The Labute approximate surface area is 197 Å². The van der Waals surface area contributed by atoms with Crippen LogP contribution in [0.2, 0.25) is 0 Å². The van der Waals surface area contributed by atoms with Crippen molar-refractivity contribution in [2.24, 2.45) is 12.0 Å². The lowest BCUT2D eigenvalue weighted by molar-refractivity contribution is 0.207. The lowest BCUT2D eigenvalue weighted by atomic mass is 10.1. The summed E-state index contributed by atoms with van der Waals surface area (Å²) in [5.74, 6) is 1.80. The second-order valence-electron chi connectivity index (χ2n) is 8.01. The first-order chi connectivity index (χ1) is 14.0. The molecule has 0 bridgehead atoms. The van der Waals surface area contributed by atoms with Gasteiger partial charge in [-0.1, -0.05) is 12.1 Å². The molecule has 0 unspecified atom stereocenters. The number of hydrogen-bond acceptors (Lipinski definition) is 3. The van der Waals surface area contributed by atoms with Crippen molar-refractivity contribution in [1.29, 1.82) is 0 Å². The van der Waals surface area contributed by atoms with Gasteiger partial charge in [-0.05, 0) is 70.1 Å². The van der Waals surface area contributed by atoms with Gasteiger partial charge >= 0.3 is 0 Å². The quantitative estimate of drug-likeness (QED) is 0.323. The molecule has 0 atom stereocenters. The number of aromatic nitrogens is 2. The maximum atomic E-state index is 6.31. The van der Waals surface area contributed by atoms with Crippen LogP contribution < -0.4 is 15.4 Å². The van der Waals surface area contributed by atoms with Gasteiger partial charge in [-0.3, -0.25) is 9.67 Å². The highest BCUT2D eigenvalue weighted by molar-refractivity contribution is 14.0. The molecule has 0 amide bonds. The second kappa shape index (κ2) is 11.6. The van der Waals surface area contributed by atoms with E-state index in [1.807, 2.05) is 11.7 Å². The van der Waals surface area contributed by atoms with Crippen molar-refractivity contribution < 1.29 is 4.74 Å². The Kier molecular flexibility index (Phi) is 9.45. The fourth-order valence-electron chi connectivity index (χ4n) is 3.99. The van der Waals surface area contributed by atoms with Crippen LogP contribution in [0.15, 0.2) is 23.2 Å². The van der Waals surface area contributed by atoms with Crippen LogP contribution in [0.3, 0.4) is 0 Å². The topological polar surface area (TPSA) is 63.5 Å². The molecule has 1 aliphatic carbocycles. The van der Waals surface area contributed by atoms with Crippen LogP contribution in [0.5, 0.6) is 5.75 Å². The first kappa shape index (κ1) is 24.5. The van der Waals surface area contributed by atoms with E-state index < -0.39 is 0 Å². The molecular weight excluding hydrogens is 489 g/mol. The van der Waals surface area contributed by atoms with E-state index in [9.17, 15) is 0 Å². The van der Waals surface area contributed by atoms with Crippen molar-refractivity contribution >= 4 is 29.9 Å². The summed E-state index contributed by atoms with van der Waals surface area (Å²) < 4.78 is 8.26. The van der Waals surface area contributed by atoms with E-state index in [4.69, 9.17) is 4.74 Å². The number of benzene rings is 1. The lowest BCUT2D eigenvalue weighted by Gasteiger charge is -2.18. The molecule has 3 rings (SSSR count). The largest absolute Gasteiger partial charge is 0.490 e. The molecule has 0 spiro atoms. The van der Waals surface area contributed by atoms with Gasteiger partial charge in [0.25, 0.3) is 0 Å². The summed E-state index contributed by atoms with van der Waals surface area (Å²) in [5, 5.41) is 11.3. The smallest absolute Gasteiger partial charge is 0.191 e. The van der Waals surface area contributed by atoms with Gasteiger partial charge in [-0.2, -0.15) is 5.10 Å². The van der Waals surface area contributed by atoms with E-state index in [2.05, 4.69) is 59.7 Å². The Morgan fingerprint density at radius 3 is 2.57 bits per heavy atom. The van der Waals surface area contributed by atoms with E-state index in [0.717, 1.165) is 43.2 Å². The summed E-state index contributed by atoms with van der Waals surface area (Å²) >= 11 is 0. The number of nitrogens with one attached hydrogen (secondary N) is 2. The van der Waals surface area contributed by atoms with Gasteiger partial charge in [0.15, 0.2) is 5.96 Å². The van der Waals surface area contributed by atoms with Crippen molar-refractivity contribution in [3.63, 3.8) is 0 Å². The van der Waals surface area contributed by atoms with Crippen LogP contribution in [0.4, 0.5) is 0 Å². The predicted octanol–water partition coefficient (Wildman–Crippen LogP) is 4.19. The molecule has 2 N–H and O–H groups in total. The van der Waals surface area contributed by atoms with E-state index >= 15 is 0 Å². The average molecular weight is 525 g/mol. The molecule has 1 aliphatic rings. The van der Waals surface area contributed by atoms with Gasteiger partial charge in [-0.15, -0.1) is 24.0 Å². The lowest BCUT2D eigenvalue weighted by Crippen LogP contribution is -2.38. The summed E-state index contributed by atoms with van der Waals surface area (Å²) in [6.07, 6.45) is 6.16. The van der Waals surface area contributed by atoms with Crippen molar-refractivity contribution in [2.75, 3.05) is 13.6 Å². The molecule has 0 saturated heterocycles. The van der Waals surface area contributed by atoms with E-state index in [1.54, 1.807) is 7.05 Å². The van der Waals surface area contributed by atoms with Gasteiger partial charge in [0.05, 0.1) is 11.8 Å². The van der Waals surface area contributed by atoms with E-state index in [0.29, 0.717) is 12.6 Å².